The Morgan fingerprint density at radius 2 is 1.79 bits per heavy atom. The average Bonchev–Trinajstić information content (AvgIpc) is 2.34. The third-order valence-corrected chi connectivity index (χ3v) is 4.24. The highest BCUT2D eigenvalue weighted by atomic mass is 35.5. The van der Waals surface area contributed by atoms with Gasteiger partial charge in [0.25, 0.3) is 10.0 Å². The van der Waals surface area contributed by atoms with Gasteiger partial charge in [-0.15, -0.1) is 0 Å². The highest BCUT2D eigenvalue weighted by molar-refractivity contribution is 7.92. The number of hydrogen-bond donors (Lipinski definition) is 2. The highest BCUT2D eigenvalue weighted by Gasteiger charge is 2.18. The van der Waals surface area contributed by atoms with Crippen LogP contribution in [0, 0.1) is 0 Å². The minimum absolute atomic E-state index is 0.0176. The Morgan fingerprint density at radius 3 is 2.37 bits per heavy atom. The van der Waals surface area contributed by atoms with E-state index in [0.717, 1.165) is 0 Å². The molecule has 0 radical (unpaired) electrons. The van der Waals surface area contributed by atoms with Crippen molar-refractivity contribution in [2.45, 2.75) is 4.90 Å². The molecule has 0 saturated carbocycles. The van der Waals surface area contributed by atoms with Crippen molar-refractivity contribution in [3.63, 3.8) is 0 Å². The van der Waals surface area contributed by atoms with Crippen LogP contribution in [0.2, 0.25) is 10.0 Å². The number of benzene rings is 1. The van der Waals surface area contributed by atoms with E-state index >= 15 is 0 Å². The number of sulfonamides is 1. The molecular formula is C11H9Cl2N3O2S. The Morgan fingerprint density at radius 1 is 1.16 bits per heavy atom. The van der Waals surface area contributed by atoms with Gasteiger partial charge in [0.2, 0.25) is 0 Å². The molecule has 0 saturated heterocycles. The zero-order valence-corrected chi connectivity index (χ0v) is 11.8. The first kappa shape index (κ1) is 13.9. The van der Waals surface area contributed by atoms with Crippen molar-refractivity contribution in [2.75, 3.05) is 10.5 Å². The molecule has 0 amide bonds. The zero-order valence-electron chi connectivity index (χ0n) is 9.47. The lowest BCUT2D eigenvalue weighted by Crippen LogP contribution is -2.14. The van der Waals surface area contributed by atoms with Gasteiger partial charge in [-0.2, -0.15) is 0 Å². The summed E-state index contributed by atoms with van der Waals surface area (Å²) in [6, 6.07) is 7.25. The van der Waals surface area contributed by atoms with Crippen LogP contribution in [0.1, 0.15) is 0 Å². The van der Waals surface area contributed by atoms with E-state index in [0.29, 0.717) is 0 Å². The zero-order chi connectivity index (χ0) is 14.0. The number of nitrogens with two attached hydrogens (primary N) is 1. The molecule has 0 unspecified atom stereocenters. The Labute approximate surface area is 120 Å². The molecule has 0 aliphatic carbocycles. The Kier molecular flexibility index (Phi) is 3.84. The number of nitrogens with zero attached hydrogens (tertiary/aromatic N) is 1. The van der Waals surface area contributed by atoms with Crippen molar-refractivity contribution < 1.29 is 8.42 Å². The molecule has 1 aromatic carbocycles. The van der Waals surface area contributed by atoms with Crippen LogP contribution in [-0.4, -0.2) is 13.4 Å². The molecular weight excluding hydrogens is 309 g/mol. The van der Waals surface area contributed by atoms with Gasteiger partial charge >= 0.3 is 0 Å². The van der Waals surface area contributed by atoms with Crippen LogP contribution < -0.4 is 10.5 Å². The largest absolute Gasteiger partial charge is 0.384 e. The summed E-state index contributed by atoms with van der Waals surface area (Å²) in [6.45, 7) is 0. The van der Waals surface area contributed by atoms with Crippen molar-refractivity contribution >= 4 is 44.7 Å². The molecule has 2 rings (SSSR count). The third kappa shape index (κ3) is 3.09. The van der Waals surface area contributed by atoms with E-state index in [1.807, 2.05) is 0 Å². The fourth-order valence-electron chi connectivity index (χ4n) is 1.38. The van der Waals surface area contributed by atoms with E-state index in [-0.39, 0.29) is 26.4 Å². The molecule has 0 atom stereocenters. The Balaban J connectivity index is 2.42. The van der Waals surface area contributed by atoms with Crippen molar-refractivity contribution in [3.8, 4) is 0 Å². The molecule has 1 heterocycles. The van der Waals surface area contributed by atoms with Gasteiger partial charge in [0.05, 0.1) is 20.6 Å². The second-order valence-corrected chi connectivity index (χ2v) is 6.12. The van der Waals surface area contributed by atoms with Gasteiger partial charge in [0.15, 0.2) is 0 Å². The molecule has 0 bridgehead atoms. The summed E-state index contributed by atoms with van der Waals surface area (Å²) >= 11 is 11.8. The van der Waals surface area contributed by atoms with Crippen LogP contribution in [0.5, 0.6) is 0 Å². The van der Waals surface area contributed by atoms with Crippen LogP contribution in [-0.2, 0) is 10.0 Å². The lowest BCUT2D eigenvalue weighted by Gasteiger charge is -2.11. The molecule has 1 aromatic heterocycles. The number of para-hydroxylation sites is 1. The second-order valence-electron chi connectivity index (χ2n) is 3.62. The number of halogens is 2. The Hall–Kier alpha value is -1.50. The van der Waals surface area contributed by atoms with Crippen molar-refractivity contribution in [1.82, 2.24) is 4.98 Å². The van der Waals surface area contributed by atoms with E-state index in [9.17, 15) is 8.42 Å². The maximum atomic E-state index is 12.1. The van der Waals surface area contributed by atoms with Crippen LogP contribution in [0.25, 0.3) is 0 Å². The van der Waals surface area contributed by atoms with Crippen LogP contribution in [0.15, 0.2) is 41.4 Å². The maximum absolute atomic E-state index is 12.1. The SMILES string of the molecule is Nc1cc(S(=O)(=O)Nc2c(Cl)cccc2Cl)ccn1. The van der Waals surface area contributed by atoms with Crippen molar-refractivity contribution in [2.24, 2.45) is 0 Å². The normalized spacial score (nSPS) is 11.3. The number of aromatic nitrogens is 1. The summed E-state index contributed by atoms with van der Waals surface area (Å²) in [4.78, 5) is 3.71. The predicted molar refractivity (Wildman–Crippen MR) is 75.9 cm³/mol. The summed E-state index contributed by atoms with van der Waals surface area (Å²) < 4.78 is 26.6. The smallest absolute Gasteiger partial charge is 0.262 e. The van der Waals surface area contributed by atoms with E-state index in [2.05, 4.69) is 9.71 Å². The predicted octanol–water partition coefficient (Wildman–Crippen LogP) is 2.77. The summed E-state index contributed by atoms with van der Waals surface area (Å²) in [5, 5.41) is 0.413. The minimum atomic E-state index is -3.82. The average molecular weight is 318 g/mol. The standard InChI is InChI=1S/C11H9Cl2N3O2S/c12-8-2-1-3-9(13)11(8)16-19(17,18)7-4-5-15-10(14)6-7/h1-6,16H,(H2,14,15). The summed E-state index contributed by atoms with van der Waals surface area (Å²) in [5.41, 5.74) is 5.58. The van der Waals surface area contributed by atoms with Crippen molar-refractivity contribution in [3.05, 3.63) is 46.6 Å². The number of rotatable bonds is 3. The number of hydrogen-bond acceptors (Lipinski definition) is 4. The fraction of sp³-hybridized carbons (Fsp3) is 0. The summed E-state index contributed by atoms with van der Waals surface area (Å²) in [7, 11) is -3.82. The van der Waals surface area contributed by atoms with Gasteiger partial charge in [0, 0.05) is 12.3 Å². The van der Waals surface area contributed by atoms with Gasteiger partial charge < -0.3 is 5.73 Å². The van der Waals surface area contributed by atoms with E-state index in [4.69, 9.17) is 28.9 Å². The van der Waals surface area contributed by atoms with E-state index in [1.54, 1.807) is 6.07 Å². The molecule has 2 aromatic rings. The molecule has 0 fully saturated rings. The lowest BCUT2D eigenvalue weighted by molar-refractivity contribution is 0.601. The summed E-state index contributed by atoms with van der Waals surface area (Å²) in [5.74, 6) is 0.105. The molecule has 100 valence electrons. The quantitative estimate of drug-likeness (QED) is 0.911. The first-order valence-electron chi connectivity index (χ1n) is 5.08. The van der Waals surface area contributed by atoms with Gasteiger partial charge in [-0.05, 0) is 18.2 Å². The lowest BCUT2D eigenvalue weighted by atomic mass is 10.3. The first-order chi connectivity index (χ1) is 8.90. The Bertz CT molecular complexity index is 699. The van der Waals surface area contributed by atoms with Crippen LogP contribution in [0.3, 0.4) is 0 Å². The van der Waals surface area contributed by atoms with Gasteiger partial charge in [-0.25, -0.2) is 13.4 Å². The van der Waals surface area contributed by atoms with Crippen LogP contribution in [0.4, 0.5) is 11.5 Å². The molecule has 3 N–H and O–H groups in total. The van der Waals surface area contributed by atoms with Gasteiger partial charge in [-0.3, -0.25) is 4.72 Å². The van der Waals surface area contributed by atoms with E-state index in [1.165, 1.54) is 30.5 Å². The number of pyridine rings is 1. The first-order valence-corrected chi connectivity index (χ1v) is 7.32. The molecule has 19 heavy (non-hydrogen) atoms. The number of anilines is 2. The summed E-state index contributed by atoms with van der Waals surface area (Å²) in [6.07, 6.45) is 1.30. The number of nitrogens with one attached hydrogen (secondary N) is 1. The monoisotopic (exact) mass is 317 g/mol. The van der Waals surface area contributed by atoms with Gasteiger partial charge in [-0.1, -0.05) is 29.3 Å². The highest BCUT2D eigenvalue weighted by Crippen LogP contribution is 2.31. The maximum Gasteiger partial charge on any atom is 0.262 e. The molecule has 8 heteroatoms. The molecule has 5 nitrogen and oxygen atoms in total. The minimum Gasteiger partial charge on any atom is -0.384 e. The van der Waals surface area contributed by atoms with Crippen LogP contribution >= 0.6 is 23.2 Å². The molecule has 0 spiro atoms. The number of nitrogen functional groups attached to an aromatic ring is 1. The molecule has 0 aliphatic heterocycles. The topological polar surface area (TPSA) is 85.1 Å². The second kappa shape index (κ2) is 5.24. The fourth-order valence-corrected chi connectivity index (χ4v) is 3.11. The van der Waals surface area contributed by atoms with Crippen molar-refractivity contribution in [1.29, 1.82) is 0 Å². The van der Waals surface area contributed by atoms with E-state index < -0.39 is 10.0 Å². The molecule has 0 aliphatic rings. The third-order valence-electron chi connectivity index (χ3n) is 2.26. The van der Waals surface area contributed by atoms with Gasteiger partial charge in [0.1, 0.15) is 5.82 Å².